The van der Waals surface area contributed by atoms with Crippen LogP contribution >= 0.6 is 11.6 Å². The van der Waals surface area contributed by atoms with Crippen LogP contribution in [0.15, 0.2) is 30.7 Å². The van der Waals surface area contributed by atoms with Gasteiger partial charge in [0.05, 0.1) is 18.5 Å². The number of nitrogens with zero attached hydrogens (tertiary/aromatic N) is 4. The molecule has 0 spiro atoms. The van der Waals surface area contributed by atoms with Gasteiger partial charge in [-0.1, -0.05) is 11.6 Å². The number of rotatable bonds is 4. The monoisotopic (exact) mass is 318 g/mol. The zero-order valence-electron chi connectivity index (χ0n) is 12.6. The Labute approximate surface area is 135 Å². The van der Waals surface area contributed by atoms with Crippen LogP contribution in [0.25, 0.3) is 0 Å². The molecule has 0 radical (unpaired) electrons. The minimum atomic E-state index is 0.439. The van der Waals surface area contributed by atoms with E-state index in [0.717, 1.165) is 37.4 Å². The highest BCUT2D eigenvalue weighted by atomic mass is 35.5. The van der Waals surface area contributed by atoms with E-state index in [1.165, 1.54) is 0 Å². The van der Waals surface area contributed by atoms with Crippen molar-refractivity contribution in [3.05, 3.63) is 41.4 Å². The van der Waals surface area contributed by atoms with E-state index >= 15 is 0 Å². The molecule has 1 saturated heterocycles. The second kappa shape index (κ2) is 6.92. The summed E-state index contributed by atoms with van der Waals surface area (Å²) in [6.07, 6.45) is 7.56. The average molecular weight is 319 g/mol. The second-order valence-electron chi connectivity index (χ2n) is 5.57. The van der Waals surface area contributed by atoms with Crippen molar-refractivity contribution < 1.29 is 4.74 Å². The van der Waals surface area contributed by atoms with Gasteiger partial charge in [-0.25, -0.2) is 9.97 Å². The van der Waals surface area contributed by atoms with Gasteiger partial charge >= 0.3 is 0 Å². The van der Waals surface area contributed by atoms with Crippen molar-refractivity contribution in [3.63, 3.8) is 0 Å². The van der Waals surface area contributed by atoms with Gasteiger partial charge in [0.1, 0.15) is 10.8 Å². The summed E-state index contributed by atoms with van der Waals surface area (Å²) in [6, 6.07) is 3.59. The normalized spacial score (nSPS) is 18.3. The molecule has 116 valence electrons. The van der Waals surface area contributed by atoms with Crippen LogP contribution in [0.1, 0.15) is 18.5 Å². The average Bonchev–Trinajstić information content (AvgIpc) is 2.54. The van der Waals surface area contributed by atoms with E-state index in [2.05, 4.69) is 19.9 Å². The molecule has 0 aromatic carbocycles. The van der Waals surface area contributed by atoms with Gasteiger partial charge in [0.15, 0.2) is 0 Å². The highest BCUT2D eigenvalue weighted by Crippen LogP contribution is 2.24. The Balaban J connectivity index is 1.60. The zero-order valence-corrected chi connectivity index (χ0v) is 13.3. The molecule has 1 aliphatic heterocycles. The third-order valence-corrected chi connectivity index (χ3v) is 4.05. The molecule has 5 nitrogen and oxygen atoms in total. The molecular weight excluding hydrogens is 300 g/mol. The predicted octanol–water partition coefficient (Wildman–Crippen LogP) is 3.13. The number of pyridine rings is 1. The summed E-state index contributed by atoms with van der Waals surface area (Å²) in [7, 11) is 0. The Morgan fingerprint density at radius 2 is 2.32 bits per heavy atom. The Morgan fingerprint density at radius 1 is 1.41 bits per heavy atom. The number of aromatic nitrogens is 3. The first-order chi connectivity index (χ1) is 10.7. The van der Waals surface area contributed by atoms with Crippen LogP contribution in [0.4, 0.5) is 5.82 Å². The Bertz CT molecular complexity index is 637. The van der Waals surface area contributed by atoms with Gasteiger partial charge in [-0.05, 0) is 31.9 Å². The van der Waals surface area contributed by atoms with Gasteiger partial charge in [0.25, 0.3) is 0 Å². The first kappa shape index (κ1) is 15.0. The molecule has 2 aromatic heterocycles. The van der Waals surface area contributed by atoms with Gasteiger partial charge in [0, 0.05) is 31.4 Å². The van der Waals surface area contributed by atoms with Gasteiger partial charge in [-0.15, -0.1) is 0 Å². The fraction of sp³-hybridized carbons (Fsp3) is 0.438. The van der Waals surface area contributed by atoms with Gasteiger partial charge in [-0.3, -0.25) is 4.98 Å². The topological polar surface area (TPSA) is 51.1 Å². The molecule has 2 aromatic rings. The minimum absolute atomic E-state index is 0.439. The van der Waals surface area contributed by atoms with Crippen molar-refractivity contribution in [2.75, 3.05) is 24.6 Å². The number of aryl methyl sites for hydroxylation is 1. The number of piperidine rings is 1. The fourth-order valence-corrected chi connectivity index (χ4v) is 2.86. The molecule has 1 aliphatic rings. The van der Waals surface area contributed by atoms with E-state index in [4.69, 9.17) is 16.3 Å². The van der Waals surface area contributed by atoms with Crippen LogP contribution in [-0.4, -0.2) is 34.6 Å². The van der Waals surface area contributed by atoms with E-state index in [1.54, 1.807) is 24.5 Å². The molecule has 0 bridgehead atoms. The quantitative estimate of drug-likeness (QED) is 0.867. The highest BCUT2D eigenvalue weighted by molar-refractivity contribution is 6.31. The molecule has 3 rings (SSSR count). The number of ether oxygens (including phenoxy) is 1. The predicted molar refractivity (Wildman–Crippen MR) is 86.4 cm³/mol. The molecule has 22 heavy (non-hydrogen) atoms. The lowest BCUT2D eigenvalue weighted by molar-refractivity contribution is 0.221. The summed E-state index contributed by atoms with van der Waals surface area (Å²) in [6.45, 7) is 4.51. The lowest BCUT2D eigenvalue weighted by Crippen LogP contribution is -2.38. The second-order valence-corrected chi connectivity index (χ2v) is 5.98. The summed E-state index contributed by atoms with van der Waals surface area (Å²) in [5.41, 5.74) is 0.941. The lowest BCUT2D eigenvalue weighted by atomic mass is 9.99. The SMILES string of the molecule is Cc1cncc(N2CCCC(COc3ncccc3Cl)C2)n1. The smallest absolute Gasteiger partial charge is 0.232 e. The van der Waals surface area contributed by atoms with Crippen molar-refractivity contribution in [2.45, 2.75) is 19.8 Å². The standard InChI is InChI=1S/C16H19ClN4O/c1-12-8-18-9-15(20-12)21-7-3-4-13(10-21)11-22-16-14(17)5-2-6-19-16/h2,5-6,8-9,13H,3-4,7,10-11H2,1H3. The van der Waals surface area contributed by atoms with Crippen molar-refractivity contribution in [2.24, 2.45) is 5.92 Å². The van der Waals surface area contributed by atoms with Crippen molar-refractivity contribution in [3.8, 4) is 5.88 Å². The van der Waals surface area contributed by atoms with E-state index in [9.17, 15) is 0 Å². The summed E-state index contributed by atoms with van der Waals surface area (Å²) < 4.78 is 5.78. The minimum Gasteiger partial charge on any atom is -0.476 e. The van der Waals surface area contributed by atoms with Crippen LogP contribution in [-0.2, 0) is 0 Å². The maximum Gasteiger partial charge on any atom is 0.232 e. The zero-order chi connectivity index (χ0) is 15.4. The van der Waals surface area contributed by atoms with Gasteiger partial charge < -0.3 is 9.64 Å². The van der Waals surface area contributed by atoms with Crippen LogP contribution in [0.2, 0.25) is 5.02 Å². The van der Waals surface area contributed by atoms with Crippen LogP contribution in [0.5, 0.6) is 5.88 Å². The summed E-state index contributed by atoms with van der Waals surface area (Å²) in [4.78, 5) is 15.2. The molecule has 0 N–H and O–H groups in total. The molecule has 0 aliphatic carbocycles. The maximum atomic E-state index is 6.07. The Kier molecular flexibility index (Phi) is 4.73. The number of hydrogen-bond acceptors (Lipinski definition) is 5. The fourth-order valence-electron chi connectivity index (χ4n) is 2.69. The van der Waals surface area contributed by atoms with Crippen LogP contribution in [0, 0.1) is 12.8 Å². The summed E-state index contributed by atoms with van der Waals surface area (Å²) >= 11 is 6.07. The highest BCUT2D eigenvalue weighted by Gasteiger charge is 2.22. The van der Waals surface area contributed by atoms with Crippen LogP contribution < -0.4 is 9.64 Å². The lowest BCUT2D eigenvalue weighted by Gasteiger charge is -2.33. The third-order valence-electron chi connectivity index (χ3n) is 3.77. The maximum absolute atomic E-state index is 6.07. The Morgan fingerprint density at radius 3 is 3.14 bits per heavy atom. The molecule has 0 saturated carbocycles. The first-order valence-electron chi connectivity index (χ1n) is 7.49. The van der Waals surface area contributed by atoms with E-state index in [-0.39, 0.29) is 0 Å². The summed E-state index contributed by atoms with van der Waals surface area (Å²) in [5.74, 6) is 1.89. The van der Waals surface area contributed by atoms with E-state index in [0.29, 0.717) is 23.4 Å². The first-order valence-corrected chi connectivity index (χ1v) is 7.87. The Hall–Kier alpha value is -1.88. The molecule has 1 atom stereocenters. The van der Waals surface area contributed by atoms with E-state index in [1.807, 2.05) is 13.1 Å². The molecule has 6 heteroatoms. The largest absolute Gasteiger partial charge is 0.476 e. The van der Waals surface area contributed by atoms with Gasteiger partial charge in [-0.2, -0.15) is 0 Å². The van der Waals surface area contributed by atoms with E-state index < -0.39 is 0 Å². The van der Waals surface area contributed by atoms with Crippen molar-refractivity contribution in [1.29, 1.82) is 0 Å². The van der Waals surface area contributed by atoms with Gasteiger partial charge in [0.2, 0.25) is 5.88 Å². The molecule has 1 unspecified atom stereocenters. The number of hydrogen-bond donors (Lipinski definition) is 0. The number of anilines is 1. The molecule has 3 heterocycles. The molecule has 1 fully saturated rings. The molecule has 0 amide bonds. The number of halogens is 1. The van der Waals surface area contributed by atoms with Crippen molar-refractivity contribution in [1.82, 2.24) is 15.0 Å². The van der Waals surface area contributed by atoms with Crippen molar-refractivity contribution >= 4 is 17.4 Å². The van der Waals surface area contributed by atoms with Crippen LogP contribution in [0.3, 0.4) is 0 Å². The third kappa shape index (κ3) is 3.65. The molecular formula is C16H19ClN4O. The summed E-state index contributed by atoms with van der Waals surface area (Å²) in [5, 5.41) is 0.555.